The molecule has 0 N–H and O–H groups in total. The molecule has 1 aromatic carbocycles. The molecule has 1 aliphatic carbocycles. The molecule has 0 bridgehead atoms. The molecule has 0 radical (unpaired) electrons. The topological polar surface area (TPSA) is 70.2 Å². The van der Waals surface area contributed by atoms with Crippen LogP contribution in [0.5, 0.6) is 5.75 Å². The molecule has 3 aliphatic rings. The third kappa shape index (κ3) is 4.99. The number of benzene rings is 1. The molecule has 0 saturated carbocycles. The maximum atomic E-state index is 12.7. The van der Waals surface area contributed by atoms with Gasteiger partial charge in [-0.05, 0) is 38.8 Å². The van der Waals surface area contributed by atoms with Crippen molar-refractivity contribution in [1.82, 2.24) is 9.80 Å². The first-order valence-electron chi connectivity index (χ1n) is 11.2. The number of ether oxygens (including phenoxy) is 1. The normalized spacial score (nSPS) is 23.3. The van der Waals surface area contributed by atoms with Crippen molar-refractivity contribution in [1.29, 1.82) is 0 Å². The average Bonchev–Trinajstić information content (AvgIpc) is 3.03. The number of carbonyl (C=O) groups is 3. The molecule has 174 valence electrons. The molecule has 8 heteroatoms. The maximum Gasteiger partial charge on any atom is 0.240 e. The van der Waals surface area contributed by atoms with Crippen LogP contribution >= 0.6 is 12.4 Å². The molecule has 2 atom stereocenters. The zero-order valence-electron chi connectivity index (χ0n) is 18.7. The molecule has 4 rings (SSSR count). The highest BCUT2D eigenvalue weighted by molar-refractivity contribution is 6.17. The summed E-state index contributed by atoms with van der Waals surface area (Å²) in [6, 6.07) is 8.08. The summed E-state index contributed by atoms with van der Waals surface area (Å²) in [7, 11) is 0. The van der Waals surface area contributed by atoms with Gasteiger partial charge >= 0.3 is 0 Å². The van der Waals surface area contributed by atoms with E-state index in [4.69, 9.17) is 4.74 Å². The molecule has 0 aromatic heterocycles. The monoisotopic (exact) mass is 461 g/mol. The lowest BCUT2D eigenvalue weighted by molar-refractivity contribution is -0.150. The van der Waals surface area contributed by atoms with Crippen LogP contribution in [0.1, 0.15) is 33.1 Å². The first-order valence-corrected chi connectivity index (χ1v) is 11.2. The molecule has 2 saturated heterocycles. The lowest BCUT2D eigenvalue weighted by atomic mass is 9.85. The summed E-state index contributed by atoms with van der Waals surface area (Å²) in [6.45, 7) is 7.91. The van der Waals surface area contributed by atoms with Crippen LogP contribution in [0.2, 0.25) is 0 Å². The number of amides is 3. The van der Waals surface area contributed by atoms with E-state index in [0.29, 0.717) is 19.4 Å². The maximum absolute atomic E-state index is 12.7. The minimum Gasteiger partial charge on any atom is -0.489 e. The Morgan fingerprint density at radius 3 is 2.19 bits per heavy atom. The van der Waals surface area contributed by atoms with Gasteiger partial charge in [-0.1, -0.05) is 24.3 Å². The summed E-state index contributed by atoms with van der Waals surface area (Å²) >= 11 is 0. The van der Waals surface area contributed by atoms with Gasteiger partial charge in [0.1, 0.15) is 5.75 Å². The van der Waals surface area contributed by atoms with Crippen molar-refractivity contribution >= 4 is 35.8 Å². The molecule has 3 amide bonds. The largest absolute Gasteiger partial charge is 0.489 e. The quantitative estimate of drug-likeness (QED) is 0.479. The number of hydrogen-bond donors (Lipinski definition) is 0. The first kappa shape index (κ1) is 24.3. The summed E-state index contributed by atoms with van der Waals surface area (Å²) < 4.78 is 5.95. The van der Waals surface area contributed by atoms with Gasteiger partial charge in [0.25, 0.3) is 0 Å². The van der Waals surface area contributed by atoms with Gasteiger partial charge in [0.05, 0.1) is 23.6 Å². The van der Waals surface area contributed by atoms with Crippen molar-refractivity contribution in [2.75, 3.05) is 37.6 Å². The smallest absolute Gasteiger partial charge is 0.240 e. The highest BCUT2D eigenvalue weighted by atomic mass is 35.5. The predicted octanol–water partition coefficient (Wildman–Crippen LogP) is 2.89. The Balaban J connectivity index is 0.00000289. The van der Waals surface area contributed by atoms with Crippen molar-refractivity contribution in [2.45, 2.75) is 39.2 Å². The molecule has 0 spiro atoms. The number of anilines is 1. The minimum atomic E-state index is -0.359. The number of para-hydroxylation sites is 2. The minimum absolute atomic E-state index is 0. The lowest BCUT2D eigenvalue weighted by Crippen LogP contribution is -2.48. The third-order valence-electron chi connectivity index (χ3n) is 6.34. The summed E-state index contributed by atoms with van der Waals surface area (Å²) in [5, 5.41) is 0. The van der Waals surface area contributed by atoms with E-state index in [1.54, 1.807) is 0 Å². The number of allylic oxidation sites excluding steroid dienone is 2. The Labute approximate surface area is 195 Å². The Bertz CT molecular complexity index is 854. The van der Waals surface area contributed by atoms with E-state index in [9.17, 15) is 14.4 Å². The highest BCUT2D eigenvalue weighted by Crippen LogP contribution is 2.35. The predicted molar refractivity (Wildman–Crippen MR) is 125 cm³/mol. The molecule has 2 fully saturated rings. The molecule has 7 nitrogen and oxygen atoms in total. The van der Waals surface area contributed by atoms with Crippen LogP contribution in [0.4, 0.5) is 5.69 Å². The number of imide groups is 3. The van der Waals surface area contributed by atoms with E-state index in [-0.39, 0.29) is 54.5 Å². The van der Waals surface area contributed by atoms with Crippen LogP contribution in [-0.2, 0) is 14.4 Å². The van der Waals surface area contributed by atoms with E-state index in [1.807, 2.05) is 44.2 Å². The fourth-order valence-corrected chi connectivity index (χ4v) is 4.70. The van der Waals surface area contributed by atoms with Gasteiger partial charge < -0.3 is 9.64 Å². The second kappa shape index (κ2) is 10.5. The summed E-state index contributed by atoms with van der Waals surface area (Å²) in [4.78, 5) is 43.3. The number of rotatable bonds is 6. The van der Waals surface area contributed by atoms with Gasteiger partial charge in [-0.2, -0.15) is 0 Å². The SMILES string of the molecule is CC(C)Oc1ccccc1N1CCN(CCC(=O)N2C(=O)C3CC=CCC3C2=O)CC1.Cl. The Morgan fingerprint density at radius 2 is 1.59 bits per heavy atom. The first-order chi connectivity index (χ1) is 15.0. The number of halogens is 1. The van der Waals surface area contributed by atoms with Gasteiger partial charge in [0.2, 0.25) is 17.7 Å². The molecule has 2 aliphatic heterocycles. The number of fused-ring (bicyclic) bond motifs is 1. The van der Waals surface area contributed by atoms with Crippen molar-refractivity contribution in [3.63, 3.8) is 0 Å². The van der Waals surface area contributed by atoms with Crippen LogP contribution < -0.4 is 9.64 Å². The van der Waals surface area contributed by atoms with E-state index in [1.165, 1.54) is 0 Å². The van der Waals surface area contributed by atoms with Crippen LogP contribution in [0.15, 0.2) is 36.4 Å². The van der Waals surface area contributed by atoms with Crippen molar-refractivity contribution in [3.05, 3.63) is 36.4 Å². The number of carbonyl (C=O) groups excluding carboxylic acids is 3. The fourth-order valence-electron chi connectivity index (χ4n) is 4.70. The summed E-state index contributed by atoms with van der Waals surface area (Å²) in [5.74, 6) is -0.784. The Hall–Kier alpha value is -2.38. The zero-order chi connectivity index (χ0) is 22.0. The molecular formula is C24H32ClN3O4. The van der Waals surface area contributed by atoms with Crippen LogP contribution in [0.3, 0.4) is 0 Å². The number of hydrogen-bond acceptors (Lipinski definition) is 6. The molecule has 2 unspecified atom stereocenters. The van der Waals surface area contributed by atoms with E-state index < -0.39 is 0 Å². The molecule has 32 heavy (non-hydrogen) atoms. The van der Waals surface area contributed by atoms with Gasteiger partial charge in [-0.25, -0.2) is 4.90 Å². The third-order valence-corrected chi connectivity index (χ3v) is 6.34. The summed E-state index contributed by atoms with van der Waals surface area (Å²) in [5.41, 5.74) is 1.09. The molecule has 2 heterocycles. The van der Waals surface area contributed by atoms with E-state index in [2.05, 4.69) is 15.9 Å². The van der Waals surface area contributed by atoms with Gasteiger partial charge in [-0.3, -0.25) is 19.3 Å². The van der Waals surface area contributed by atoms with Crippen molar-refractivity contribution < 1.29 is 19.1 Å². The highest BCUT2D eigenvalue weighted by Gasteiger charge is 2.49. The molecular weight excluding hydrogens is 430 g/mol. The number of nitrogens with zero attached hydrogens (tertiary/aromatic N) is 3. The van der Waals surface area contributed by atoms with Crippen molar-refractivity contribution in [3.8, 4) is 5.75 Å². The van der Waals surface area contributed by atoms with Crippen LogP contribution in [-0.4, -0.2) is 66.3 Å². The van der Waals surface area contributed by atoms with Crippen LogP contribution in [0.25, 0.3) is 0 Å². The zero-order valence-corrected chi connectivity index (χ0v) is 19.6. The summed E-state index contributed by atoms with van der Waals surface area (Å²) in [6.07, 6.45) is 5.29. The Morgan fingerprint density at radius 1 is 1.00 bits per heavy atom. The van der Waals surface area contributed by atoms with Crippen LogP contribution in [0, 0.1) is 11.8 Å². The molecule has 1 aromatic rings. The van der Waals surface area contributed by atoms with Gasteiger partial charge in [0, 0.05) is 39.1 Å². The van der Waals surface area contributed by atoms with Gasteiger partial charge in [-0.15, -0.1) is 12.4 Å². The number of piperazine rings is 1. The second-order valence-electron chi connectivity index (χ2n) is 8.77. The van der Waals surface area contributed by atoms with E-state index >= 15 is 0 Å². The standard InChI is InChI=1S/C24H31N3O4.ClH/c1-17(2)31-21-10-6-5-9-20(21)26-15-13-25(14-16-26)12-11-22(28)27-23(29)18-7-3-4-8-19(18)24(27)30;/h3-6,9-10,17-19H,7-8,11-16H2,1-2H3;1H. The van der Waals surface area contributed by atoms with Gasteiger partial charge in [0.15, 0.2) is 0 Å². The van der Waals surface area contributed by atoms with Crippen molar-refractivity contribution in [2.24, 2.45) is 11.8 Å². The van der Waals surface area contributed by atoms with E-state index in [0.717, 1.165) is 42.5 Å². The average molecular weight is 462 g/mol. The Kier molecular flexibility index (Phi) is 7.96. The second-order valence-corrected chi connectivity index (χ2v) is 8.77. The number of likely N-dealkylation sites (tertiary alicyclic amines) is 1. The fraction of sp³-hybridized carbons (Fsp3) is 0.542. The lowest BCUT2D eigenvalue weighted by Gasteiger charge is -2.36.